The molecule has 3 rings (SSSR count). The monoisotopic (exact) mass is 385 g/mol. The van der Waals surface area contributed by atoms with Crippen LogP contribution in [0.25, 0.3) is 0 Å². The summed E-state index contributed by atoms with van der Waals surface area (Å²) in [6, 6.07) is 3.76. The van der Waals surface area contributed by atoms with Crippen molar-refractivity contribution in [3.8, 4) is 0 Å². The lowest BCUT2D eigenvalue weighted by Crippen LogP contribution is -2.53. The van der Waals surface area contributed by atoms with Gasteiger partial charge in [0.05, 0.1) is 22.2 Å². The fourth-order valence-corrected chi connectivity index (χ4v) is 5.74. The summed E-state index contributed by atoms with van der Waals surface area (Å²) in [7, 11) is -2.88. The predicted octanol–water partition coefficient (Wildman–Crippen LogP) is 2.29. The number of halogens is 1. The quantitative estimate of drug-likeness (QED) is 0.848. The zero-order valence-electron chi connectivity index (χ0n) is 14.6. The SMILES string of the molecule is Cc1cc(C)c(NC(=O)N2CCN(C3CCS(=O)(=O)C3)CC2)c(Cl)c1. The summed E-state index contributed by atoms with van der Waals surface area (Å²) >= 11 is 6.26. The normalized spacial score (nSPS) is 23.6. The van der Waals surface area contributed by atoms with Crippen LogP contribution in [0.4, 0.5) is 10.5 Å². The van der Waals surface area contributed by atoms with Crippen LogP contribution < -0.4 is 5.32 Å². The van der Waals surface area contributed by atoms with Gasteiger partial charge in [-0.1, -0.05) is 17.7 Å². The Kier molecular flexibility index (Phi) is 5.27. The molecule has 1 N–H and O–H groups in total. The first-order valence-corrected chi connectivity index (χ1v) is 10.7. The Hall–Kier alpha value is -1.31. The van der Waals surface area contributed by atoms with E-state index in [1.54, 1.807) is 4.90 Å². The van der Waals surface area contributed by atoms with Gasteiger partial charge in [0.1, 0.15) is 0 Å². The fourth-order valence-electron chi connectivity index (χ4n) is 3.61. The summed E-state index contributed by atoms with van der Waals surface area (Å²) in [6.07, 6.45) is 0.701. The lowest BCUT2D eigenvalue weighted by molar-refractivity contribution is 0.121. The minimum absolute atomic E-state index is 0.101. The Morgan fingerprint density at radius 3 is 2.44 bits per heavy atom. The highest BCUT2D eigenvalue weighted by molar-refractivity contribution is 7.91. The summed E-state index contributed by atoms with van der Waals surface area (Å²) in [6.45, 7) is 6.47. The maximum atomic E-state index is 12.5. The van der Waals surface area contributed by atoms with Gasteiger partial charge in [-0.2, -0.15) is 0 Å². The van der Waals surface area contributed by atoms with Gasteiger partial charge in [0, 0.05) is 32.2 Å². The van der Waals surface area contributed by atoms with Crippen molar-refractivity contribution in [2.75, 3.05) is 43.0 Å². The largest absolute Gasteiger partial charge is 0.322 e. The Balaban J connectivity index is 1.57. The molecule has 0 radical (unpaired) electrons. The number of nitrogens with zero attached hydrogens (tertiary/aromatic N) is 2. The second-order valence-corrected chi connectivity index (χ2v) is 9.58. The van der Waals surface area contributed by atoms with Gasteiger partial charge < -0.3 is 10.2 Å². The van der Waals surface area contributed by atoms with E-state index in [1.165, 1.54) is 0 Å². The number of piperazine rings is 1. The molecule has 2 amide bonds. The van der Waals surface area contributed by atoms with E-state index in [9.17, 15) is 13.2 Å². The summed E-state index contributed by atoms with van der Waals surface area (Å²) in [4.78, 5) is 16.5. The van der Waals surface area contributed by atoms with Gasteiger partial charge in [-0.25, -0.2) is 13.2 Å². The Labute approximate surface area is 154 Å². The molecule has 25 heavy (non-hydrogen) atoms. The third kappa shape index (κ3) is 4.27. The lowest BCUT2D eigenvalue weighted by atomic mass is 10.1. The molecule has 2 saturated heterocycles. The third-order valence-corrected chi connectivity index (χ3v) is 7.04. The van der Waals surface area contributed by atoms with E-state index in [0.717, 1.165) is 11.1 Å². The standard InChI is InChI=1S/C17H24ClN3O3S/c1-12-9-13(2)16(15(18)10-12)19-17(22)21-6-4-20(5-7-21)14-3-8-25(23,24)11-14/h9-10,14H,3-8,11H2,1-2H3,(H,19,22). The lowest BCUT2D eigenvalue weighted by Gasteiger charge is -2.37. The summed E-state index contributed by atoms with van der Waals surface area (Å²) in [5.41, 5.74) is 2.65. The molecule has 1 unspecified atom stereocenters. The minimum atomic E-state index is -2.88. The highest BCUT2D eigenvalue weighted by Gasteiger charge is 2.34. The molecule has 8 heteroatoms. The van der Waals surface area contributed by atoms with Gasteiger partial charge in [-0.05, 0) is 37.5 Å². The smallest absolute Gasteiger partial charge is 0.321 e. The van der Waals surface area contributed by atoms with Crippen molar-refractivity contribution in [3.63, 3.8) is 0 Å². The number of anilines is 1. The number of aryl methyl sites for hydroxylation is 2. The number of carbonyl (C=O) groups is 1. The van der Waals surface area contributed by atoms with Crippen LogP contribution in [-0.2, 0) is 9.84 Å². The predicted molar refractivity (Wildman–Crippen MR) is 100 cm³/mol. The third-order valence-electron chi connectivity index (χ3n) is 4.99. The van der Waals surface area contributed by atoms with Crippen LogP contribution in [0.1, 0.15) is 17.5 Å². The Morgan fingerprint density at radius 1 is 1.20 bits per heavy atom. The van der Waals surface area contributed by atoms with E-state index in [1.807, 2.05) is 26.0 Å². The molecule has 0 spiro atoms. The first-order valence-electron chi connectivity index (χ1n) is 8.52. The molecule has 0 saturated carbocycles. The molecule has 2 fully saturated rings. The van der Waals surface area contributed by atoms with Crippen LogP contribution in [0.5, 0.6) is 0 Å². The highest BCUT2D eigenvalue weighted by Crippen LogP contribution is 2.28. The van der Waals surface area contributed by atoms with Gasteiger partial charge in [-0.3, -0.25) is 4.90 Å². The van der Waals surface area contributed by atoms with E-state index in [-0.39, 0.29) is 23.6 Å². The number of hydrogen-bond donors (Lipinski definition) is 1. The average Bonchev–Trinajstić information content (AvgIpc) is 2.91. The fraction of sp³-hybridized carbons (Fsp3) is 0.588. The second-order valence-electron chi connectivity index (χ2n) is 6.95. The summed E-state index contributed by atoms with van der Waals surface area (Å²) in [5.74, 6) is 0.529. The van der Waals surface area contributed by atoms with Gasteiger partial charge in [0.2, 0.25) is 0 Å². The van der Waals surface area contributed by atoms with Crippen LogP contribution in [-0.4, -0.2) is 68.0 Å². The van der Waals surface area contributed by atoms with E-state index < -0.39 is 9.84 Å². The maximum Gasteiger partial charge on any atom is 0.321 e. The average molecular weight is 386 g/mol. The second kappa shape index (κ2) is 7.13. The van der Waals surface area contributed by atoms with Crippen molar-refractivity contribution < 1.29 is 13.2 Å². The van der Waals surface area contributed by atoms with Crippen LogP contribution in [0.3, 0.4) is 0 Å². The number of nitrogens with one attached hydrogen (secondary N) is 1. The highest BCUT2D eigenvalue weighted by atomic mass is 35.5. The Morgan fingerprint density at radius 2 is 1.88 bits per heavy atom. The van der Waals surface area contributed by atoms with Crippen molar-refractivity contribution in [2.45, 2.75) is 26.3 Å². The molecule has 1 aromatic carbocycles. The number of benzene rings is 1. The van der Waals surface area contributed by atoms with Gasteiger partial charge in [-0.15, -0.1) is 0 Å². The van der Waals surface area contributed by atoms with Gasteiger partial charge in [0.15, 0.2) is 9.84 Å². The van der Waals surface area contributed by atoms with E-state index in [2.05, 4.69) is 10.2 Å². The van der Waals surface area contributed by atoms with E-state index >= 15 is 0 Å². The maximum absolute atomic E-state index is 12.5. The van der Waals surface area contributed by atoms with Crippen molar-refractivity contribution in [1.82, 2.24) is 9.80 Å². The molecule has 138 valence electrons. The van der Waals surface area contributed by atoms with Crippen LogP contribution in [0.15, 0.2) is 12.1 Å². The number of sulfone groups is 1. The summed E-state index contributed by atoms with van der Waals surface area (Å²) in [5, 5.41) is 3.46. The van der Waals surface area contributed by atoms with Crippen molar-refractivity contribution in [2.24, 2.45) is 0 Å². The number of hydrogen-bond acceptors (Lipinski definition) is 4. The van der Waals surface area contributed by atoms with Crippen LogP contribution >= 0.6 is 11.6 Å². The van der Waals surface area contributed by atoms with Gasteiger partial charge in [0.25, 0.3) is 0 Å². The summed E-state index contributed by atoms with van der Waals surface area (Å²) < 4.78 is 23.3. The molecule has 0 aromatic heterocycles. The number of urea groups is 1. The molecule has 6 nitrogen and oxygen atoms in total. The minimum Gasteiger partial charge on any atom is -0.322 e. The molecule has 0 bridgehead atoms. The van der Waals surface area contributed by atoms with Crippen molar-refractivity contribution in [3.05, 3.63) is 28.3 Å². The molecule has 2 aliphatic heterocycles. The molecule has 2 heterocycles. The zero-order valence-corrected chi connectivity index (χ0v) is 16.2. The Bertz CT molecular complexity index is 750. The van der Waals surface area contributed by atoms with Crippen LogP contribution in [0, 0.1) is 13.8 Å². The number of rotatable bonds is 2. The van der Waals surface area contributed by atoms with Crippen molar-refractivity contribution in [1.29, 1.82) is 0 Å². The number of amides is 2. The first kappa shape index (κ1) is 18.5. The topological polar surface area (TPSA) is 69.7 Å². The zero-order chi connectivity index (χ0) is 18.2. The van der Waals surface area contributed by atoms with Gasteiger partial charge >= 0.3 is 6.03 Å². The van der Waals surface area contributed by atoms with Crippen molar-refractivity contribution >= 4 is 33.2 Å². The molecule has 1 atom stereocenters. The molecule has 2 aliphatic rings. The first-order chi connectivity index (χ1) is 11.7. The van der Waals surface area contributed by atoms with E-state index in [0.29, 0.717) is 43.3 Å². The van der Waals surface area contributed by atoms with E-state index in [4.69, 9.17) is 11.6 Å². The van der Waals surface area contributed by atoms with Crippen LogP contribution in [0.2, 0.25) is 5.02 Å². The number of carbonyl (C=O) groups excluding carboxylic acids is 1. The molecule has 0 aliphatic carbocycles. The molecular formula is C17H24ClN3O3S. The molecule has 1 aromatic rings. The molecular weight excluding hydrogens is 362 g/mol.